The van der Waals surface area contributed by atoms with E-state index in [-0.39, 0.29) is 5.75 Å². The summed E-state index contributed by atoms with van der Waals surface area (Å²) in [6, 6.07) is 6.42. The van der Waals surface area contributed by atoms with E-state index in [9.17, 15) is 9.90 Å². The van der Waals surface area contributed by atoms with Crippen LogP contribution < -0.4 is 5.32 Å². The van der Waals surface area contributed by atoms with Crippen LogP contribution in [-0.2, 0) is 4.74 Å². The zero-order valence-corrected chi connectivity index (χ0v) is 6.57. The Hall–Kier alpha value is -1.71. The second-order valence-electron chi connectivity index (χ2n) is 2.13. The Bertz CT molecular complexity index is 285. The van der Waals surface area contributed by atoms with E-state index in [0.717, 1.165) is 0 Å². The van der Waals surface area contributed by atoms with Gasteiger partial charge in [-0.05, 0) is 12.1 Å². The molecule has 0 bridgehead atoms. The van der Waals surface area contributed by atoms with E-state index >= 15 is 0 Å². The van der Waals surface area contributed by atoms with Crippen molar-refractivity contribution in [3.63, 3.8) is 0 Å². The summed E-state index contributed by atoms with van der Waals surface area (Å²) in [5.41, 5.74) is 0.337. The normalized spacial score (nSPS) is 9.08. The second kappa shape index (κ2) is 3.61. The highest BCUT2D eigenvalue weighted by atomic mass is 16.5. The Labute approximate surface area is 69.8 Å². The molecule has 0 saturated carbocycles. The molecule has 0 radical (unpaired) electrons. The lowest BCUT2D eigenvalue weighted by molar-refractivity contribution is 0.187. The van der Waals surface area contributed by atoms with Gasteiger partial charge in [-0.1, -0.05) is 12.1 Å². The quantitative estimate of drug-likeness (QED) is 0.624. The van der Waals surface area contributed by atoms with E-state index < -0.39 is 6.09 Å². The fourth-order valence-electron chi connectivity index (χ4n) is 0.740. The van der Waals surface area contributed by atoms with Gasteiger partial charge in [0, 0.05) is 0 Å². The van der Waals surface area contributed by atoms with Crippen LogP contribution in [0.25, 0.3) is 0 Å². The van der Waals surface area contributed by atoms with Crippen LogP contribution in [-0.4, -0.2) is 18.3 Å². The number of benzene rings is 1. The molecule has 1 rings (SSSR count). The highest BCUT2D eigenvalue weighted by Gasteiger charge is 2.03. The van der Waals surface area contributed by atoms with Crippen LogP contribution in [0.5, 0.6) is 5.75 Å². The predicted octanol–water partition coefficient (Wildman–Crippen LogP) is 1.57. The maximum Gasteiger partial charge on any atom is 0.411 e. The van der Waals surface area contributed by atoms with Crippen LogP contribution in [0.4, 0.5) is 10.5 Å². The number of nitrogens with one attached hydrogen (secondary N) is 1. The lowest BCUT2D eigenvalue weighted by atomic mass is 10.3. The Kier molecular flexibility index (Phi) is 2.53. The summed E-state index contributed by atoms with van der Waals surface area (Å²) >= 11 is 0. The Balaban J connectivity index is 2.75. The van der Waals surface area contributed by atoms with Crippen molar-refractivity contribution in [2.45, 2.75) is 0 Å². The second-order valence-corrected chi connectivity index (χ2v) is 2.13. The molecule has 0 aliphatic carbocycles. The van der Waals surface area contributed by atoms with Gasteiger partial charge in [0.1, 0.15) is 5.75 Å². The lowest BCUT2D eigenvalue weighted by Gasteiger charge is -2.04. The first-order valence-electron chi connectivity index (χ1n) is 3.37. The van der Waals surface area contributed by atoms with Crippen LogP contribution in [0.15, 0.2) is 24.3 Å². The smallest absolute Gasteiger partial charge is 0.411 e. The van der Waals surface area contributed by atoms with Crippen LogP contribution in [0.3, 0.4) is 0 Å². The standard InChI is InChI=1S/C8H9NO3/c1-12-8(11)9-6-4-2-3-5-7(6)10/h2-5,10H,1H3,(H,9,11). The summed E-state index contributed by atoms with van der Waals surface area (Å²) in [5, 5.41) is 11.5. The van der Waals surface area contributed by atoms with Crippen molar-refractivity contribution >= 4 is 11.8 Å². The van der Waals surface area contributed by atoms with Crippen LogP contribution in [0.2, 0.25) is 0 Å². The van der Waals surface area contributed by atoms with Gasteiger partial charge in [0.05, 0.1) is 12.8 Å². The molecule has 4 heteroatoms. The van der Waals surface area contributed by atoms with Gasteiger partial charge in [0.15, 0.2) is 0 Å². The molecule has 0 saturated heterocycles. The van der Waals surface area contributed by atoms with Crippen molar-refractivity contribution in [1.82, 2.24) is 0 Å². The van der Waals surface area contributed by atoms with E-state index in [1.165, 1.54) is 13.2 Å². The van der Waals surface area contributed by atoms with Gasteiger partial charge in [-0.15, -0.1) is 0 Å². The monoisotopic (exact) mass is 167 g/mol. The number of para-hydroxylation sites is 2. The maximum atomic E-state index is 10.7. The van der Waals surface area contributed by atoms with Crippen LogP contribution >= 0.6 is 0 Å². The molecule has 2 N–H and O–H groups in total. The molecule has 12 heavy (non-hydrogen) atoms. The molecule has 0 aromatic heterocycles. The van der Waals surface area contributed by atoms with Gasteiger partial charge in [0.25, 0.3) is 0 Å². The number of phenolic OH excluding ortho intramolecular Hbond substituents is 1. The van der Waals surface area contributed by atoms with Gasteiger partial charge in [-0.25, -0.2) is 4.79 Å². The molecule has 0 spiro atoms. The minimum Gasteiger partial charge on any atom is -0.506 e. The number of aromatic hydroxyl groups is 1. The van der Waals surface area contributed by atoms with Crippen LogP contribution in [0.1, 0.15) is 0 Å². The minimum atomic E-state index is -0.600. The van der Waals surface area contributed by atoms with E-state index in [2.05, 4.69) is 10.1 Å². The zero-order chi connectivity index (χ0) is 8.97. The average molecular weight is 167 g/mol. The summed E-state index contributed by atoms with van der Waals surface area (Å²) in [6.45, 7) is 0. The van der Waals surface area contributed by atoms with Crippen molar-refractivity contribution in [3.05, 3.63) is 24.3 Å². The summed E-state index contributed by atoms with van der Waals surface area (Å²) < 4.78 is 4.35. The van der Waals surface area contributed by atoms with Crippen LogP contribution in [0, 0.1) is 0 Å². The van der Waals surface area contributed by atoms with Crippen molar-refractivity contribution in [2.24, 2.45) is 0 Å². The molecule has 0 fully saturated rings. The minimum absolute atomic E-state index is 0.0166. The first kappa shape index (κ1) is 8.39. The van der Waals surface area contributed by atoms with Gasteiger partial charge in [-0.2, -0.15) is 0 Å². The molecule has 4 nitrogen and oxygen atoms in total. The molecule has 0 atom stereocenters. The van der Waals surface area contributed by atoms with Gasteiger partial charge in [0.2, 0.25) is 0 Å². The largest absolute Gasteiger partial charge is 0.506 e. The first-order valence-corrected chi connectivity index (χ1v) is 3.37. The topological polar surface area (TPSA) is 58.6 Å². The highest BCUT2D eigenvalue weighted by Crippen LogP contribution is 2.21. The van der Waals surface area contributed by atoms with E-state index in [1.807, 2.05) is 0 Å². The highest BCUT2D eigenvalue weighted by molar-refractivity contribution is 5.86. The number of methoxy groups -OCH3 is 1. The van der Waals surface area contributed by atoms with Crippen molar-refractivity contribution in [3.8, 4) is 5.75 Å². The third kappa shape index (κ3) is 1.88. The molecule has 1 aromatic carbocycles. The Morgan fingerprint density at radius 1 is 1.50 bits per heavy atom. The lowest BCUT2D eigenvalue weighted by Crippen LogP contribution is -2.10. The predicted molar refractivity (Wildman–Crippen MR) is 44.1 cm³/mol. The molecular formula is C8H9NO3. The van der Waals surface area contributed by atoms with Gasteiger partial charge < -0.3 is 9.84 Å². The number of hydrogen-bond acceptors (Lipinski definition) is 3. The molecule has 0 unspecified atom stereocenters. The number of rotatable bonds is 1. The molecule has 64 valence electrons. The number of amides is 1. The first-order chi connectivity index (χ1) is 5.74. The molecule has 1 aromatic rings. The van der Waals surface area contributed by atoms with Crippen molar-refractivity contribution in [2.75, 3.05) is 12.4 Å². The number of phenols is 1. The molecule has 1 amide bonds. The zero-order valence-electron chi connectivity index (χ0n) is 6.57. The summed E-state index contributed by atoms with van der Waals surface area (Å²) in [5.74, 6) is 0.0166. The van der Waals surface area contributed by atoms with E-state index in [1.54, 1.807) is 18.2 Å². The van der Waals surface area contributed by atoms with Gasteiger partial charge >= 0.3 is 6.09 Å². The average Bonchev–Trinajstić information content (AvgIpc) is 2.09. The third-order valence-electron chi connectivity index (χ3n) is 1.33. The summed E-state index contributed by atoms with van der Waals surface area (Å²) in [7, 11) is 1.26. The number of ether oxygens (including phenoxy) is 1. The number of carbonyl (C=O) groups is 1. The fourth-order valence-corrected chi connectivity index (χ4v) is 0.740. The fraction of sp³-hybridized carbons (Fsp3) is 0.125. The van der Waals surface area contributed by atoms with Gasteiger partial charge in [-0.3, -0.25) is 5.32 Å². The summed E-state index contributed by atoms with van der Waals surface area (Å²) in [6.07, 6.45) is -0.600. The number of hydrogen-bond donors (Lipinski definition) is 2. The number of anilines is 1. The van der Waals surface area contributed by atoms with Crippen molar-refractivity contribution < 1.29 is 14.6 Å². The summed E-state index contributed by atoms with van der Waals surface area (Å²) in [4.78, 5) is 10.7. The molecule has 0 heterocycles. The Morgan fingerprint density at radius 3 is 2.75 bits per heavy atom. The Morgan fingerprint density at radius 2 is 2.17 bits per heavy atom. The molecule has 0 aliphatic rings. The van der Waals surface area contributed by atoms with E-state index in [4.69, 9.17) is 0 Å². The van der Waals surface area contributed by atoms with E-state index in [0.29, 0.717) is 5.69 Å². The third-order valence-corrected chi connectivity index (χ3v) is 1.33. The number of carbonyl (C=O) groups excluding carboxylic acids is 1. The molecule has 0 aliphatic heterocycles. The maximum absolute atomic E-state index is 10.7. The molecular weight excluding hydrogens is 158 g/mol. The SMILES string of the molecule is COC(=O)Nc1ccccc1O. The van der Waals surface area contributed by atoms with Crippen molar-refractivity contribution in [1.29, 1.82) is 0 Å².